The zero-order valence-corrected chi connectivity index (χ0v) is 7.30. The van der Waals surface area contributed by atoms with Gasteiger partial charge in [0.05, 0.1) is 25.9 Å². The van der Waals surface area contributed by atoms with Crippen LogP contribution in [-0.4, -0.2) is 31.8 Å². The zero-order valence-electron chi connectivity index (χ0n) is 6.55. The molecule has 0 heterocycles. The molecule has 64 valence electrons. The lowest BCUT2D eigenvalue weighted by atomic mass is 10.5. The summed E-state index contributed by atoms with van der Waals surface area (Å²) < 4.78 is 10.0. The van der Waals surface area contributed by atoms with E-state index in [4.69, 9.17) is 26.3 Å². The molecule has 0 aliphatic carbocycles. The quantitative estimate of drug-likeness (QED) is 0.452. The summed E-state index contributed by atoms with van der Waals surface area (Å²) in [6.07, 6.45) is 0. The molecular weight excluding hydrogens is 166 g/mol. The molecule has 0 bridgehead atoms. The van der Waals surface area contributed by atoms with Crippen LogP contribution in [0, 0.1) is 11.3 Å². The van der Waals surface area contributed by atoms with Crippen LogP contribution in [0.2, 0.25) is 0 Å². The Balaban J connectivity index is 2.97. The van der Waals surface area contributed by atoms with Gasteiger partial charge in [0.2, 0.25) is 0 Å². The van der Waals surface area contributed by atoms with Crippen LogP contribution in [0.5, 0.6) is 0 Å². The Morgan fingerprint density at radius 2 is 2.09 bits per heavy atom. The summed E-state index contributed by atoms with van der Waals surface area (Å²) in [5, 5.41) is 7.70. The van der Waals surface area contributed by atoms with Crippen LogP contribution in [0.3, 0.4) is 0 Å². The Hall–Kier alpha value is -0.300. The molecule has 0 aliphatic heterocycles. The highest BCUT2D eigenvalue weighted by atomic mass is 35.5. The largest absolute Gasteiger partial charge is 0.379 e. The van der Waals surface area contributed by atoms with E-state index in [9.17, 15) is 0 Å². The third-order valence-electron chi connectivity index (χ3n) is 0.980. The number of nitrogens with zero attached hydrogens (tertiary/aromatic N) is 1. The Labute approximate surface area is 71.9 Å². The van der Waals surface area contributed by atoms with Gasteiger partial charge >= 0.3 is 0 Å². The molecule has 0 spiro atoms. The molecule has 0 aliphatic rings. The zero-order chi connectivity index (χ0) is 8.53. The SMILES string of the molecule is CCOCCOCC(Cl)C#N. The van der Waals surface area contributed by atoms with Crippen molar-refractivity contribution in [1.29, 1.82) is 5.26 Å². The Morgan fingerprint density at radius 1 is 1.45 bits per heavy atom. The van der Waals surface area contributed by atoms with Crippen molar-refractivity contribution in [3.8, 4) is 6.07 Å². The van der Waals surface area contributed by atoms with Crippen LogP contribution in [0.4, 0.5) is 0 Å². The van der Waals surface area contributed by atoms with E-state index in [2.05, 4.69) is 0 Å². The van der Waals surface area contributed by atoms with Crippen LogP contribution in [0.25, 0.3) is 0 Å². The number of halogens is 1. The molecule has 0 aromatic rings. The predicted molar refractivity (Wildman–Crippen MR) is 42.6 cm³/mol. The van der Waals surface area contributed by atoms with Gasteiger partial charge in [-0.25, -0.2) is 0 Å². The lowest BCUT2D eigenvalue weighted by Crippen LogP contribution is -2.10. The second kappa shape index (κ2) is 7.80. The molecule has 11 heavy (non-hydrogen) atoms. The first-order valence-corrected chi connectivity index (χ1v) is 3.94. The molecule has 4 heteroatoms. The van der Waals surface area contributed by atoms with Crippen LogP contribution in [0.15, 0.2) is 0 Å². The minimum Gasteiger partial charge on any atom is -0.379 e. The van der Waals surface area contributed by atoms with Crippen LogP contribution in [-0.2, 0) is 9.47 Å². The van der Waals surface area contributed by atoms with Gasteiger partial charge in [0.1, 0.15) is 5.38 Å². The molecule has 0 saturated carbocycles. The summed E-state index contributed by atoms with van der Waals surface area (Å²) in [5.74, 6) is 0. The van der Waals surface area contributed by atoms with Crippen molar-refractivity contribution in [3.63, 3.8) is 0 Å². The normalized spacial score (nSPS) is 12.5. The van der Waals surface area contributed by atoms with Gasteiger partial charge in [-0.3, -0.25) is 0 Å². The first-order valence-electron chi connectivity index (χ1n) is 3.50. The summed E-state index contributed by atoms with van der Waals surface area (Å²) in [7, 11) is 0. The van der Waals surface area contributed by atoms with E-state index >= 15 is 0 Å². The molecular formula is C7H12ClNO2. The number of ether oxygens (including phenoxy) is 2. The number of alkyl halides is 1. The second-order valence-corrected chi connectivity index (χ2v) is 2.40. The highest BCUT2D eigenvalue weighted by Gasteiger charge is 2.00. The molecule has 1 unspecified atom stereocenters. The third-order valence-corrected chi connectivity index (χ3v) is 1.20. The lowest BCUT2D eigenvalue weighted by molar-refractivity contribution is 0.0559. The maximum Gasteiger partial charge on any atom is 0.143 e. The van der Waals surface area contributed by atoms with Crippen molar-refractivity contribution >= 4 is 11.6 Å². The summed E-state index contributed by atoms with van der Waals surface area (Å²) in [6, 6.07) is 1.86. The molecule has 1 atom stereocenters. The minimum atomic E-state index is -0.545. The average molecular weight is 178 g/mol. The Bertz CT molecular complexity index is 124. The highest BCUT2D eigenvalue weighted by molar-refractivity contribution is 6.22. The lowest BCUT2D eigenvalue weighted by Gasteiger charge is -2.03. The topological polar surface area (TPSA) is 42.2 Å². The average Bonchev–Trinajstić information content (AvgIpc) is 2.04. The number of rotatable bonds is 6. The van der Waals surface area contributed by atoms with E-state index < -0.39 is 5.38 Å². The molecule has 0 aromatic carbocycles. The van der Waals surface area contributed by atoms with E-state index in [-0.39, 0.29) is 6.61 Å². The summed E-state index contributed by atoms with van der Waals surface area (Å²) in [4.78, 5) is 0. The van der Waals surface area contributed by atoms with Crippen molar-refractivity contribution in [2.24, 2.45) is 0 Å². The van der Waals surface area contributed by atoms with E-state index in [1.54, 1.807) is 0 Å². The van der Waals surface area contributed by atoms with Crippen LogP contribution >= 0.6 is 11.6 Å². The third kappa shape index (κ3) is 7.60. The van der Waals surface area contributed by atoms with E-state index in [1.165, 1.54) is 0 Å². The Kier molecular flexibility index (Phi) is 7.59. The van der Waals surface area contributed by atoms with Gasteiger partial charge in [-0.2, -0.15) is 5.26 Å². The van der Waals surface area contributed by atoms with Gasteiger partial charge in [0.15, 0.2) is 0 Å². The molecule has 3 nitrogen and oxygen atoms in total. The van der Waals surface area contributed by atoms with Crippen molar-refractivity contribution in [3.05, 3.63) is 0 Å². The van der Waals surface area contributed by atoms with Crippen LogP contribution in [0.1, 0.15) is 6.92 Å². The molecule has 0 N–H and O–H groups in total. The molecule has 0 saturated heterocycles. The maximum absolute atomic E-state index is 8.24. The number of nitriles is 1. The van der Waals surface area contributed by atoms with Crippen molar-refractivity contribution in [2.45, 2.75) is 12.3 Å². The standard InChI is InChI=1S/C7H12ClNO2/c1-2-10-3-4-11-6-7(8)5-9/h7H,2-4,6H2,1H3. The van der Waals surface area contributed by atoms with E-state index in [1.807, 2.05) is 13.0 Å². The number of hydrogen-bond acceptors (Lipinski definition) is 3. The number of hydrogen-bond donors (Lipinski definition) is 0. The molecule has 0 aromatic heterocycles. The predicted octanol–water partition coefficient (Wildman–Crippen LogP) is 1.17. The summed E-state index contributed by atoms with van der Waals surface area (Å²) in [6.45, 7) is 3.93. The van der Waals surface area contributed by atoms with Gasteiger partial charge in [0.25, 0.3) is 0 Å². The van der Waals surface area contributed by atoms with E-state index in [0.29, 0.717) is 19.8 Å². The fourth-order valence-electron chi connectivity index (χ4n) is 0.486. The Morgan fingerprint density at radius 3 is 2.64 bits per heavy atom. The second-order valence-electron chi connectivity index (χ2n) is 1.87. The first-order chi connectivity index (χ1) is 5.31. The van der Waals surface area contributed by atoms with Crippen molar-refractivity contribution in [2.75, 3.05) is 26.4 Å². The van der Waals surface area contributed by atoms with Crippen molar-refractivity contribution in [1.82, 2.24) is 0 Å². The molecule has 0 fully saturated rings. The van der Waals surface area contributed by atoms with Gasteiger partial charge < -0.3 is 9.47 Å². The molecule has 0 amide bonds. The van der Waals surface area contributed by atoms with Gasteiger partial charge in [-0.1, -0.05) is 0 Å². The highest BCUT2D eigenvalue weighted by Crippen LogP contribution is 1.93. The van der Waals surface area contributed by atoms with Crippen LogP contribution < -0.4 is 0 Å². The fraction of sp³-hybridized carbons (Fsp3) is 0.857. The van der Waals surface area contributed by atoms with E-state index in [0.717, 1.165) is 0 Å². The van der Waals surface area contributed by atoms with Gasteiger partial charge in [-0.05, 0) is 6.92 Å². The minimum absolute atomic E-state index is 0.269. The molecule has 0 radical (unpaired) electrons. The van der Waals surface area contributed by atoms with Crippen molar-refractivity contribution < 1.29 is 9.47 Å². The smallest absolute Gasteiger partial charge is 0.143 e. The summed E-state index contributed by atoms with van der Waals surface area (Å²) >= 11 is 5.45. The summed E-state index contributed by atoms with van der Waals surface area (Å²) in [5.41, 5.74) is 0. The first kappa shape index (κ1) is 10.7. The fourth-order valence-corrected chi connectivity index (χ4v) is 0.575. The monoisotopic (exact) mass is 177 g/mol. The van der Waals surface area contributed by atoms with Gasteiger partial charge in [-0.15, -0.1) is 11.6 Å². The van der Waals surface area contributed by atoms with Gasteiger partial charge in [0, 0.05) is 6.61 Å². The maximum atomic E-state index is 8.24. The molecule has 0 rings (SSSR count).